The van der Waals surface area contributed by atoms with Crippen LogP contribution in [0.2, 0.25) is 0 Å². The van der Waals surface area contributed by atoms with Crippen LogP contribution in [0.15, 0.2) is 0 Å². The van der Waals surface area contributed by atoms with Crippen LogP contribution >= 0.6 is 0 Å². The number of aliphatic hydroxyl groups excluding tert-OH is 1. The molecule has 3 rings (SSSR count). The van der Waals surface area contributed by atoms with Crippen LogP contribution in [0.25, 0.3) is 0 Å². The summed E-state index contributed by atoms with van der Waals surface area (Å²) in [4.78, 5) is 0. The van der Waals surface area contributed by atoms with Gasteiger partial charge in [0.25, 0.3) is 0 Å². The minimum Gasteiger partial charge on any atom is -0.396 e. The van der Waals surface area contributed by atoms with E-state index in [4.69, 9.17) is 0 Å². The lowest BCUT2D eigenvalue weighted by Gasteiger charge is -2.49. The van der Waals surface area contributed by atoms with E-state index < -0.39 is 0 Å². The van der Waals surface area contributed by atoms with Crippen molar-refractivity contribution in [1.82, 2.24) is 0 Å². The number of hydrogen-bond donors (Lipinski definition) is 1. The number of aliphatic hydroxyl groups is 1. The van der Waals surface area contributed by atoms with Gasteiger partial charge in [-0.05, 0) is 49.4 Å². The SMILES string of the molecule is CC12CCC(CC1)CC2CO. The van der Waals surface area contributed by atoms with Gasteiger partial charge in [0, 0.05) is 6.61 Å². The van der Waals surface area contributed by atoms with Gasteiger partial charge in [-0.3, -0.25) is 0 Å². The lowest BCUT2D eigenvalue weighted by molar-refractivity contribution is -0.0197. The van der Waals surface area contributed by atoms with Crippen molar-refractivity contribution in [3.05, 3.63) is 0 Å². The minimum atomic E-state index is 0.424. The molecule has 1 nitrogen and oxygen atoms in total. The Bertz CT molecular complexity index is 145. The molecular weight excluding hydrogens is 136 g/mol. The summed E-state index contributed by atoms with van der Waals surface area (Å²) in [5.74, 6) is 1.57. The average Bonchev–Trinajstić information content (AvgIpc) is 2.05. The van der Waals surface area contributed by atoms with Gasteiger partial charge in [0.05, 0.1) is 0 Å². The highest BCUT2D eigenvalue weighted by Crippen LogP contribution is 2.53. The van der Waals surface area contributed by atoms with Crippen molar-refractivity contribution in [2.75, 3.05) is 6.61 Å². The Morgan fingerprint density at radius 2 is 2.00 bits per heavy atom. The Hall–Kier alpha value is -0.0400. The number of hydrogen-bond acceptors (Lipinski definition) is 1. The molecule has 2 bridgehead atoms. The molecule has 3 aliphatic carbocycles. The van der Waals surface area contributed by atoms with E-state index in [1.54, 1.807) is 0 Å². The van der Waals surface area contributed by atoms with Crippen LogP contribution in [0.1, 0.15) is 39.0 Å². The van der Waals surface area contributed by atoms with Gasteiger partial charge < -0.3 is 5.11 Å². The summed E-state index contributed by atoms with van der Waals surface area (Å²) in [6, 6.07) is 0. The Morgan fingerprint density at radius 3 is 2.36 bits per heavy atom. The number of fused-ring (bicyclic) bond motifs is 3. The second-order valence-corrected chi connectivity index (χ2v) is 4.71. The van der Waals surface area contributed by atoms with Crippen LogP contribution in [0.3, 0.4) is 0 Å². The molecule has 1 N–H and O–H groups in total. The fraction of sp³-hybridized carbons (Fsp3) is 1.00. The first kappa shape index (κ1) is 7.60. The lowest BCUT2D eigenvalue weighted by Crippen LogP contribution is -2.41. The highest BCUT2D eigenvalue weighted by Gasteiger charge is 2.43. The summed E-state index contributed by atoms with van der Waals surface area (Å²) in [6.07, 6.45) is 6.87. The van der Waals surface area contributed by atoms with Crippen molar-refractivity contribution in [3.63, 3.8) is 0 Å². The smallest absolute Gasteiger partial charge is 0.0464 e. The van der Waals surface area contributed by atoms with E-state index in [1.165, 1.54) is 32.1 Å². The molecule has 0 aromatic carbocycles. The van der Waals surface area contributed by atoms with Gasteiger partial charge in [0.1, 0.15) is 0 Å². The van der Waals surface area contributed by atoms with Crippen LogP contribution in [0.4, 0.5) is 0 Å². The minimum absolute atomic E-state index is 0.424. The van der Waals surface area contributed by atoms with Gasteiger partial charge in [-0.25, -0.2) is 0 Å². The molecule has 0 spiro atoms. The van der Waals surface area contributed by atoms with Gasteiger partial charge in [-0.15, -0.1) is 0 Å². The summed E-state index contributed by atoms with van der Waals surface area (Å²) in [6.45, 7) is 2.79. The van der Waals surface area contributed by atoms with Crippen LogP contribution in [0.5, 0.6) is 0 Å². The maximum Gasteiger partial charge on any atom is 0.0464 e. The molecule has 0 aromatic heterocycles. The molecule has 1 unspecified atom stereocenters. The van der Waals surface area contributed by atoms with Crippen molar-refractivity contribution < 1.29 is 5.11 Å². The summed E-state index contributed by atoms with van der Waals surface area (Å²) >= 11 is 0. The average molecular weight is 154 g/mol. The second-order valence-electron chi connectivity index (χ2n) is 4.71. The molecule has 64 valence electrons. The topological polar surface area (TPSA) is 20.2 Å². The maximum absolute atomic E-state index is 9.18. The first-order chi connectivity index (χ1) is 5.24. The Kier molecular flexibility index (Phi) is 1.71. The van der Waals surface area contributed by atoms with Crippen LogP contribution in [0, 0.1) is 17.3 Å². The first-order valence-corrected chi connectivity index (χ1v) is 4.85. The first-order valence-electron chi connectivity index (χ1n) is 4.85. The summed E-state index contributed by atoms with van der Waals surface area (Å²) in [5, 5.41) is 9.18. The van der Waals surface area contributed by atoms with Crippen molar-refractivity contribution in [1.29, 1.82) is 0 Å². The standard InChI is InChI=1S/C10H18O/c1-10-4-2-8(3-5-10)6-9(10)7-11/h8-9,11H,2-7H2,1H3. The molecule has 0 saturated heterocycles. The molecule has 0 aromatic rings. The fourth-order valence-corrected chi connectivity index (χ4v) is 2.96. The monoisotopic (exact) mass is 154 g/mol. The van der Waals surface area contributed by atoms with E-state index in [1.807, 2.05) is 0 Å². The van der Waals surface area contributed by atoms with Crippen molar-refractivity contribution in [2.45, 2.75) is 39.0 Å². The van der Waals surface area contributed by atoms with E-state index in [0.29, 0.717) is 17.9 Å². The maximum atomic E-state index is 9.18. The van der Waals surface area contributed by atoms with Gasteiger partial charge in [0.2, 0.25) is 0 Å². The van der Waals surface area contributed by atoms with Gasteiger partial charge in [-0.1, -0.05) is 6.92 Å². The van der Waals surface area contributed by atoms with Crippen molar-refractivity contribution in [2.24, 2.45) is 17.3 Å². The van der Waals surface area contributed by atoms with E-state index in [-0.39, 0.29) is 0 Å². The van der Waals surface area contributed by atoms with Gasteiger partial charge in [0.15, 0.2) is 0 Å². The zero-order valence-electron chi connectivity index (χ0n) is 7.34. The summed E-state index contributed by atoms with van der Waals surface area (Å²) in [7, 11) is 0. The lowest BCUT2D eigenvalue weighted by atomic mass is 9.56. The predicted octanol–water partition coefficient (Wildman–Crippen LogP) is 2.20. The predicted molar refractivity (Wildman–Crippen MR) is 45.3 cm³/mol. The van der Waals surface area contributed by atoms with E-state index in [0.717, 1.165) is 5.92 Å². The Labute approximate surface area is 68.8 Å². The number of rotatable bonds is 1. The molecule has 11 heavy (non-hydrogen) atoms. The van der Waals surface area contributed by atoms with Crippen molar-refractivity contribution in [3.8, 4) is 0 Å². The zero-order chi connectivity index (χ0) is 7.90. The highest BCUT2D eigenvalue weighted by atomic mass is 16.3. The van der Waals surface area contributed by atoms with Crippen LogP contribution in [-0.4, -0.2) is 11.7 Å². The highest BCUT2D eigenvalue weighted by molar-refractivity contribution is 4.94. The van der Waals surface area contributed by atoms with Crippen LogP contribution in [-0.2, 0) is 0 Å². The zero-order valence-corrected chi connectivity index (χ0v) is 7.34. The van der Waals surface area contributed by atoms with Crippen LogP contribution < -0.4 is 0 Å². The van der Waals surface area contributed by atoms with E-state index >= 15 is 0 Å². The molecule has 3 aliphatic rings. The van der Waals surface area contributed by atoms with E-state index in [2.05, 4.69) is 6.92 Å². The molecule has 1 heteroatoms. The molecule has 0 heterocycles. The molecule has 0 radical (unpaired) electrons. The molecular formula is C10H18O. The van der Waals surface area contributed by atoms with Crippen molar-refractivity contribution >= 4 is 0 Å². The second kappa shape index (κ2) is 2.48. The van der Waals surface area contributed by atoms with E-state index in [9.17, 15) is 5.11 Å². The van der Waals surface area contributed by atoms with Gasteiger partial charge in [-0.2, -0.15) is 0 Å². The largest absolute Gasteiger partial charge is 0.396 e. The Morgan fingerprint density at radius 1 is 1.36 bits per heavy atom. The quantitative estimate of drug-likeness (QED) is 0.614. The Balaban J connectivity index is 2.13. The molecule has 0 aliphatic heterocycles. The molecule has 0 amide bonds. The fourth-order valence-electron chi connectivity index (χ4n) is 2.96. The third-order valence-corrected chi connectivity index (χ3v) is 4.07. The third-order valence-electron chi connectivity index (χ3n) is 4.07. The molecule has 3 fully saturated rings. The third kappa shape index (κ3) is 1.10. The molecule has 1 atom stereocenters. The summed E-state index contributed by atoms with van der Waals surface area (Å²) in [5.41, 5.74) is 0.503. The van der Waals surface area contributed by atoms with Gasteiger partial charge >= 0.3 is 0 Å². The molecule has 3 saturated carbocycles. The summed E-state index contributed by atoms with van der Waals surface area (Å²) < 4.78 is 0. The normalized spacial score (nSPS) is 49.6.